The van der Waals surface area contributed by atoms with Crippen LogP contribution in [0.4, 0.5) is 11.4 Å². The maximum Gasteiger partial charge on any atom is 0.290 e. The van der Waals surface area contributed by atoms with Gasteiger partial charge in [0.05, 0.1) is 0 Å². The zero-order chi connectivity index (χ0) is 22.5. The average Bonchev–Trinajstić information content (AvgIpc) is 2.74. The number of amides is 2. The summed E-state index contributed by atoms with van der Waals surface area (Å²) in [5.41, 5.74) is 3.61. The molecule has 6 heteroatoms. The number of hydrogen-bond donors (Lipinski definition) is 2. The van der Waals surface area contributed by atoms with Gasteiger partial charge in [0.1, 0.15) is 0 Å². The molecule has 0 saturated carbocycles. The zero-order valence-electron chi connectivity index (χ0n) is 18.2. The third-order valence-corrected chi connectivity index (χ3v) is 5.13. The Morgan fingerprint density at radius 2 is 1.09 bits per heavy atom. The molecule has 0 spiro atoms. The molecule has 0 unspecified atom stereocenters. The summed E-state index contributed by atoms with van der Waals surface area (Å²) in [4.78, 5) is 25.3. The summed E-state index contributed by atoms with van der Waals surface area (Å²) < 4.78 is 3.70. The predicted octanol–water partition coefficient (Wildman–Crippen LogP) is 3.31. The van der Waals surface area contributed by atoms with Gasteiger partial charge in [-0.2, -0.15) is 9.13 Å². The Hall–Kier alpha value is -4.06. The number of nitrogens with one attached hydrogen (secondary N) is 2. The third-order valence-electron chi connectivity index (χ3n) is 5.13. The van der Waals surface area contributed by atoms with E-state index in [1.807, 2.05) is 108 Å². The normalized spacial score (nSPS) is 10.7. The molecule has 0 fully saturated rings. The van der Waals surface area contributed by atoms with Gasteiger partial charge in [0, 0.05) is 45.4 Å². The van der Waals surface area contributed by atoms with Crippen molar-refractivity contribution in [2.75, 3.05) is 10.6 Å². The van der Waals surface area contributed by atoms with Crippen molar-refractivity contribution in [3.8, 4) is 0 Å². The molecule has 32 heavy (non-hydrogen) atoms. The lowest BCUT2D eigenvalue weighted by Gasteiger charge is -2.11. The minimum atomic E-state index is -0.113. The van der Waals surface area contributed by atoms with E-state index in [1.54, 1.807) is 0 Å². The Labute approximate surface area is 187 Å². The fraction of sp³-hybridized carbons (Fsp3) is 0.154. The van der Waals surface area contributed by atoms with Gasteiger partial charge in [-0.3, -0.25) is 9.59 Å². The summed E-state index contributed by atoms with van der Waals surface area (Å²) in [7, 11) is 0. The number of fused-ring (bicyclic) bond motifs is 1. The molecule has 0 aliphatic carbocycles. The first-order chi connectivity index (χ1) is 15.5. The van der Waals surface area contributed by atoms with Gasteiger partial charge in [-0.05, 0) is 38.1 Å². The van der Waals surface area contributed by atoms with Crippen LogP contribution in [0.5, 0.6) is 0 Å². The second kappa shape index (κ2) is 9.39. The van der Waals surface area contributed by atoms with Gasteiger partial charge in [0.2, 0.25) is 13.1 Å². The Morgan fingerprint density at radius 1 is 0.656 bits per heavy atom. The lowest BCUT2D eigenvalue weighted by Crippen LogP contribution is -2.40. The second-order valence-electron chi connectivity index (χ2n) is 7.91. The largest absolute Gasteiger partial charge is 0.320 e. The Morgan fingerprint density at radius 3 is 1.50 bits per heavy atom. The van der Waals surface area contributed by atoms with E-state index in [1.165, 1.54) is 0 Å². The van der Waals surface area contributed by atoms with Crippen molar-refractivity contribution in [3.05, 3.63) is 96.6 Å². The van der Waals surface area contributed by atoms with E-state index in [9.17, 15) is 9.59 Å². The number of benzene rings is 2. The van der Waals surface area contributed by atoms with Crippen molar-refractivity contribution >= 4 is 34.0 Å². The molecule has 160 valence electrons. The fourth-order valence-corrected chi connectivity index (χ4v) is 3.74. The molecular formula is C26H26N4O2+2. The zero-order valence-corrected chi connectivity index (χ0v) is 18.2. The fourth-order valence-electron chi connectivity index (χ4n) is 3.74. The van der Waals surface area contributed by atoms with E-state index >= 15 is 0 Å². The molecule has 6 nitrogen and oxygen atoms in total. The molecule has 4 aromatic rings. The topological polar surface area (TPSA) is 66.0 Å². The maximum atomic E-state index is 12.6. The summed E-state index contributed by atoms with van der Waals surface area (Å²) >= 11 is 0. The van der Waals surface area contributed by atoms with Gasteiger partial charge < -0.3 is 10.6 Å². The maximum absolute atomic E-state index is 12.6. The summed E-state index contributed by atoms with van der Waals surface area (Å²) in [6.45, 7) is 4.43. The molecule has 2 amide bonds. The standard InChI is InChI=1S/C26H24N4O2/c1-19-7-5-13-29(15-19)17-25(31)27-23-11-3-10-22-21(23)9-4-12-24(22)28-26(32)18-30-14-6-8-20(2)16-30/h3-16H,17-18H2,1-2H3/p+2. The van der Waals surface area contributed by atoms with Crippen molar-refractivity contribution in [3.63, 3.8) is 0 Å². The number of anilines is 2. The second-order valence-corrected chi connectivity index (χ2v) is 7.91. The smallest absolute Gasteiger partial charge is 0.290 e. The van der Waals surface area contributed by atoms with Crippen molar-refractivity contribution in [1.82, 2.24) is 0 Å². The van der Waals surface area contributed by atoms with E-state index in [4.69, 9.17) is 0 Å². The molecule has 0 aliphatic heterocycles. The molecule has 2 aromatic carbocycles. The highest BCUT2D eigenvalue weighted by atomic mass is 16.2. The number of hydrogen-bond acceptors (Lipinski definition) is 2. The van der Waals surface area contributed by atoms with Crippen molar-refractivity contribution in [2.24, 2.45) is 0 Å². The van der Waals surface area contributed by atoms with Crippen LogP contribution < -0.4 is 19.8 Å². The molecule has 4 rings (SSSR count). The quantitative estimate of drug-likeness (QED) is 0.465. The SMILES string of the molecule is Cc1ccc[n+](CC(=O)Nc2cccc3c(NC(=O)C[n+]4cccc(C)c4)cccc23)c1. The number of nitrogens with zero attached hydrogens (tertiary/aromatic N) is 2. The van der Waals surface area contributed by atoms with E-state index in [-0.39, 0.29) is 24.9 Å². The van der Waals surface area contributed by atoms with Crippen LogP contribution in [0.3, 0.4) is 0 Å². The van der Waals surface area contributed by atoms with Crippen LogP contribution in [0.2, 0.25) is 0 Å². The van der Waals surface area contributed by atoms with Crippen LogP contribution in [-0.2, 0) is 22.7 Å². The molecule has 0 radical (unpaired) electrons. The minimum Gasteiger partial charge on any atom is -0.320 e. The summed E-state index contributed by atoms with van der Waals surface area (Å²) in [5, 5.41) is 7.75. The predicted molar refractivity (Wildman–Crippen MR) is 124 cm³/mol. The highest BCUT2D eigenvalue weighted by molar-refractivity contribution is 6.08. The van der Waals surface area contributed by atoms with E-state index < -0.39 is 0 Å². The first kappa shape index (κ1) is 21.2. The number of aryl methyl sites for hydroxylation is 2. The van der Waals surface area contributed by atoms with Crippen molar-refractivity contribution in [1.29, 1.82) is 0 Å². The van der Waals surface area contributed by atoms with Crippen LogP contribution in [0.25, 0.3) is 10.8 Å². The highest BCUT2D eigenvalue weighted by Gasteiger charge is 2.14. The van der Waals surface area contributed by atoms with Crippen molar-refractivity contribution in [2.45, 2.75) is 26.9 Å². The molecule has 2 aromatic heterocycles. The van der Waals surface area contributed by atoms with E-state index in [2.05, 4.69) is 10.6 Å². The highest BCUT2D eigenvalue weighted by Crippen LogP contribution is 2.29. The molecule has 2 N–H and O–H groups in total. The van der Waals surface area contributed by atoms with Crippen LogP contribution in [0.15, 0.2) is 85.5 Å². The van der Waals surface area contributed by atoms with Crippen LogP contribution in [-0.4, -0.2) is 11.8 Å². The molecule has 2 heterocycles. The number of carbonyl (C=O) groups is 2. The van der Waals surface area contributed by atoms with Gasteiger partial charge in [0.15, 0.2) is 24.8 Å². The van der Waals surface area contributed by atoms with Gasteiger partial charge >= 0.3 is 0 Å². The number of pyridine rings is 2. The molecule has 0 aliphatic rings. The van der Waals surface area contributed by atoms with Gasteiger partial charge in [-0.1, -0.05) is 24.3 Å². The number of carbonyl (C=O) groups excluding carboxylic acids is 2. The van der Waals surface area contributed by atoms with E-state index in [0.29, 0.717) is 11.4 Å². The monoisotopic (exact) mass is 426 g/mol. The van der Waals surface area contributed by atoms with E-state index in [0.717, 1.165) is 21.9 Å². The summed E-state index contributed by atoms with van der Waals surface area (Å²) in [5.74, 6) is -0.225. The number of aromatic nitrogens is 2. The molecular weight excluding hydrogens is 400 g/mol. The van der Waals surface area contributed by atoms with Gasteiger partial charge in [-0.15, -0.1) is 0 Å². The average molecular weight is 427 g/mol. The van der Waals surface area contributed by atoms with Gasteiger partial charge in [-0.25, -0.2) is 0 Å². The first-order valence-electron chi connectivity index (χ1n) is 10.5. The van der Waals surface area contributed by atoms with Crippen molar-refractivity contribution < 1.29 is 18.7 Å². The lowest BCUT2D eigenvalue weighted by molar-refractivity contribution is -0.684. The Bertz CT molecular complexity index is 1200. The lowest BCUT2D eigenvalue weighted by atomic mass is 10.1. The minimum absolute atomic E-state index is 0.113. The molecule has 0 bridgehead atoms. The third kappa shape index (κ3) is 5.16. The van der Waals surface area contributed by atoms with Gasteiger partial charge in [0.25, 0.3) is 11.8 Å². The first-order valence-corrected chi connectivity index (χ1v) is 10.5. The van der Waals surface area contributed by atoms with Crippen LogP contribution in [0, 0.1) is 13.8 Å². The Kier molecular flexibility index (Phi) is 6.22. The molecule has 0 saturated heterocycles. The van der Waals surface area contributed by atoms with Crippen LogP contribution >= 0.6 is 0 Å². The number of rotatable bonds is 6. The van der Waals surface area contributed by atoms with Crippen LogP contribution in [0.1, 0.15) is 11.1 Å². The molecule has 0 atom stereocenters. The Balaban J connectivity index is 1.52. The summed E-state index contributed by atoms with van der Waals surface area (Å²) in [6.07, 6.45) is 7.61. The summed E-state index contributed by atoms with van der Waals surface area (Å²) in [6, 6.07) is 19.2.